The number of amides is 2. The molecule has 0 radical (unpaired) electrons. The average Bonchev–Trinajstić information content (AvgIpc) is 3.51. The second-order valence-corrected chi connectivity index (χ2v) is 16.0. The Morgan fingerprint density at radius 2 is 1.05 bits per heavy atom. The number of rotatable bonds is 6. The fourth-order valence-corrected chi connectivity index (χ4v) is 12.5. The van der Waals surface area contributed by atoms with Crippen LogP contribution in [0, 0.1) is 0 Å². The summed E-state index contributed by atoms with van der Waals surface area (Å²) < 4.78 is 2.59. The fourth-order valence-electron chi connectivity index (χ4n) is 6.45. The highest BCUT2D eigenvalue weighted by Crippen LogP contribution is 2.57. The van der Waals surface area contributed by atoms with Crippen LogP contribution >= 0.6 is 46.2 Å². The minimum atomic E-state index is -0.0156. The molecule has 0 bridgehead atoms. The molecule has 0 N–H and O–H groups in total. The molecule has 0 saturated heterocycles. The molecule has 0 aromatic carbocycles. The Labute approximate surface area is 245 Å². The standard InChI is InChI=1S/C30H42N2O2S4/c1-5-23-17-25-27(31(19(3)33)21-13-9-7-10-14-21)38-30-26(18-24(6-2)36-30)28(37-29(25)35-23)32(20(4)34)22-15-11-8-12-16-22/h17-18,21-22,27-28H,5-16H2,1-4H3. The third kappa shape index (κ3) is 5.89. The van der Waals surface area contributed by atoms with Crippen molar-refractivity contribution in [1.29, 1.82) is 0 Å². The van der Waals surface area contributed by atoms with Gasteiger partial charge in [0.1, 0.15) is 10.7 Å². The van der Waals surface area contributed by atoms with Crippen LogP contribution in [0.15, 0.2) is 20.6 Å². The van der Waals surface area contributed by atoms with Crippen molar-refractivity contribution in [1.82, 2.24) is 9.80 Å². The highest BCUT2D eigenvalue weighted by Gasteiger charge is 2.40. The van der Waals surface area contributed by atoms with Crippen molar-refractivity contribution in [2.45, 2.75) is 136 Å². The van der Waals surface area contributed by atoms with Crippen LogP contribution in [0.4, 0.5) is 0 Å². The number of fused-ring (bicyclic) bond motifs is 2. The van der Waals surface area contributed by atoms with Gasteiger partial charge in [0.25, 0.3) is 0 Å². The highest BCUT2D eigenvalue weighted by molar-refractivity contribution is 8.03. The van der Waals surface area contributed by atoms with Crippen molar-refractivity contribution in [2.75, 3.05) is 0 Å². The van der Waals surface area contributed by atoms with E-state index >= 15 is 0 Å². The van der Waals surface area contributed by atoms with E-state index in [0.717, 1.165) is 38.5 Å². The monoisotopic (exact) mass is 590 g/mol. The molecular weight excluding hydrogens is 549 g/mol. The predicted molar refractivity (Wildman–Crippen MR) is 163 cm³/mol. The highest BCUT2D eigenvalue weighted by atomic mass is 32.2. The molecule has 3 aliphatic rings. The molecule has 2 amide bonds. The minimum absolute atomic E-state index is 0.0156. The van der Waals surface area contributed by atoms with Crippen LogP contribution in [-0.4, -0.2) is 33.7 Å². The number of carbonyl (C=O) groups is 2. The Balaban J connectivity index is 1.63. The summed E-state index contributed by atoms with van der Waals surface area (Å²) in [6.07, 6.45) is 13.8. The van der Waals surface area contributed by atoms with Gasteiger partial charge in [0, 0.05) is 46.8 Å². The molecule has 0 spiro atoms. The van der Waals surface area contributed by atoms with Crippen molar-refractivity contribution in [3.63, 3.8) is 0 Å². The first-order valence-corrected chi connectivity index (χ1v) is 18.0. The summed E-state index contributed by atoms with van der Waals surface area (Å²) >= 11 is 7.53. The third-order valence-electron chi connectivity index (χ3n) is 8.39. The molecule has 2 aromatic heterocycles. The summed E-state index contributed by atoms with van der Waals surface area (Å²) in [4.78, 5) is 33.9. The normalized spacial score (nSPS) is 22.7. The van der Waals surface area contributed by atoms with Gasteiger partial charge >= 0.3 is 0 Å². The van der Waals surface area contributed by atoms with E-state index < -0.39 is 0 Å². The first-order chi connectivity index (χ1) is 18.4. The maximum absolute atomic E-state index is 13.3. The molecule has 2 fully saturated rings. The van der Waals surface area contributed by atoms with Gasteiger partial charge in [0.05, 0.1) is 8.42 Å². The van der Waals surface area contributed by atoms with Crippen LogP contribution in [-0.2, 0) is 22.4 Å². The minimum Gasteiger partial charge on any atom is -0.323 e. The van der Waals surface area contributed by atoms with E-state index in [2.05, 4.69) is 35.8 Å². The van der Waals surface area contributed by atoms with Crippen LogP contribution in [0.1, 0.15) is 124 Å². The summed E-state index contributed by atoms with van der Waals surface area (Å²) in [5.41, 5.74) is 2.58. The van der Waals surface area contributed by atoms with Crippen molar-refractivity contribution in [3.8, 4) is 0 Å². The van der Waals surface area contributed by atoms with Crippen LogP contribution < -0.4 is 0 Å². The Morgan fingerprint density at radius 1 is 0.684 bits per heavy atom. The molecule has 2 unspecified atom stereocenters. The molecule has 2 atom stereocenters. The van der Waals surface area contributed by atoms with E-state index in [1.165, 1.54) is 67.8 Å². The van der Waals surface area contributed by atoms with E-state index in [4.69, 9.17) is 0 Å². The maximum atomic E-state index is 13.3. The van der Waals surface area contributed by atoms with Crippen molar-refractivity contribution >= 4 is 58.0 Å². The first-order valence-electron chi connectivity index (χ1n) is 14.6. The van der Waals surface area contributed by atoms with Crippen molar-refractivity contribution in [3.05, 3.63) is 33.0 Å². The molecule has 208 valence electrons. The molecular formula is C30H42N2O2S4. The van der Waals surface area contributed by atoms with Gasteiger partial charge in [-0.3, -0.25) is 9.59 Å². The zero-order valence-electron chi connectivity index (χ0n) is 23.3. The number of carbonyl (C=O) groups excluding carboxylic acids is 2. The van der Waals surface area contributed by atoms with Gasteiger partial charge in [-0.05, 0) is 50.7 Å². The number of thiophene rings is 2. The summed E-state index contributed by atoms with van der Waals surface area (Å²) in [5.74, 6) is 0.376. The fraction of sp³-hybridized carbons (Fsp3) is 0.667. The Kier molecular flexibility index (Phi) is 9.54. The van der Waals surface area contributed by atoms with Gasteiger partial charge in [-0.1, -0.05) is 75.9 Å². The molecule has 2 aliphatic carbocycles. The second kappa shape index (κ2) is 12.7. The van der Waals surface area contributed by atoms with Crippen molar-refractivity contribution < 1.29 is 9.59 Å². The summed E-state index contributed by atoms with van der Waals surface area (Å²) in [5, 5.41) is -0.0312. The predicted octanol–water partition coefficient (Wildman–Crippen LogP) is 9.19. The smallest absolute Gasteiger partial charge is 0.220 e. The van der Waals surface area contributed by atoms with E-state index in [-0.39, 0.29) is 22.6 Å². The van der Waals surface area contributed by atoms with Gasteiger partial charge < -0.3 is 9.80 Å². The van der Waals surface area contributed by atoms with Crippen LogP contribution in [0.3, 0.4) is 0 Å². The van der Waals surface area contributed by atoms with Crippen LogP contribution in [0.25, 0.3) is 0 Å². The number of hydrogen-bond donors (Lipinski definition) is 0. The SMILES string of the molecule is CCc1cc2c(s1)SC(N(C(C)=O)C1CCCCC1)c1cc(CC)sc1SC2N(C(C)=O)C1CCCCC1. The molecule has 2 aromatic rings. The topological polar surface area (TPSA) is 40.6 Å². The van der Waals surface area contributed by atoms with Gasteiger partial charge in [-0.2, -0.15) is 0 Å². The summed E-state index contributed by atoms with van der Waals surface area (Å²) in [7, 11) is 0. The second-order valence-electron chi connectivity index (χ2n) is 11.0. The lowest BCUT2D eigenvalue weighted by atomic mass is 9.93. The molecule has 4 nitrogen and oxygen atoms in total. The first kappa shape index (κ1) is 28.6. The number of nitrogens with zero attached hydrogens (tertiary/aromatic N) is 2. The Hall–Kier alpha value is -0.960. The third-order valence-corrected chi connectivity index (χ3v) is 14.0. The molecule has 1 aliphatic heterocycles. The number of hydrogen-bond acceptors (Lipinski definition) is 6. The lowest BCUT2D eigenvalue weighted by molar-refractivity contribution is -0.133. The maximum Gasteiger partial charge on any atom is 0.220 e. The zero-order valence-corrected chi connectivity index (χ0v) is 26.6. The van der Waals surface area contributed by atoms with E-state index in [1.54, 1.807) is 13.8 Å². The van der Waals surface area contributed by atoms with Crippen LogP contribution in [0.2, 0.25) is 0 Å². The number of aryl methyl sites for hydroxylation is 2. The molecule has 38 heavy (non-hydrogen) atoms. The van der Waals surface area contributed by atoms with Gasteiger partial charge in [-0.25, -0.2) is 0 Å². The summed E-state index contributed by atoms with van der Waals surface area (Å²) in [6.45, 7) is 7.98. The zero-order chi connectivity index (χ0) is 26.8. The van der Waals surface area contributed by atoms with Crippen LogP contribution in [0.5, 0.6) is 0 Å². The number of thioether (sulfide) groups is 2. The quantitative estimate of drug-likeness (QED) is 0.336. The molecule has 8 heteroatoms. The molecule has 3 heterocycles. The lowest BCUT2D eigenvalue weighted by Crippen LogP contribution is -2.43. The largest absolute Gasteiger partial charge is 0.323 e. The van der Waals surface area contributed by atoms with Crippen molar-refractivity contribution in [2.24, 2.45) is 0 Å². The Morgan fingerprint density at radius 3 is 1.37 bits per heavy atom. The van der Waals surface area contributed by atoms with Gasteiger partial charge in [0.15, 0.2) is 0 Å². The van der Waals surface area contributed by atoms with Gasteiger partial charge in [0.2, 0.25) is 11.8 Å². The lowest BCUT2D eigenvalue weighted by Gasteiger charge is -2.42. The van der Waals surface area contributed by atoms with E-state index in [0.29, 0.717) is 12.1 Å². The van der Waals surface area contributed by atoms with E-state index in [9.17, 15) is 9.59 Å². The summed E-state index contributed by atoms with van der Waals surface area (Å²) in [6, 6.07) is 5.36. The van der Waals surface area contributed by atoms with E-state index in [1.807, 2.05) is 46.2 Å². The Bertz CT molecular complexity index is 1040. The molecule has 2 saturated carbocycles. The van der Waals surface area contributed by atoms with Gasteiger partial charge in [-0.15, -0.1) is 22.7 Å². The molecule has 5 rings (SSSR count). The average molecular weight is 591 g/mol.